The van der Waals surface area contributed by atoms with Crippen molar-refractivity contribution in [2.45, 2.75) is 6.04 Å². The number of hydrogen-bond acceptors (Lipinski definition) is 4. The van der Waals surface area contributed by atoms with Gasteiger partial charge in [0.25, 0.3) is 5.91 Å². The topological polar surface area (TPSA) is 70.7 Å². The molecule has 2 rings (SSSR count). The Morgan fingerprint density at radius 3 is 2.41 bits per heavy atom. The van der Waals surface area contributed by atoms with Gasteiger partial charge in [-0.25, -0.2) is 0 Å². The molecule has 0 aliphatic rings. The zero-order valence-corrected chi connectivity index (χ0v) is 16.4. The number of halogens is 1. The first kappa shape index (κ1) is 20.7. The summed E-state index contributed by atoms with van der Waals surface area (Å²) < 4.78 is 5.41. The maximum absolute atomic E-state index is 12.2. The van der Waals surface area contributed by atoms with Crippen molar-refractivity contribution in [1.82, 2.24) is 15.5 Å². The lowest BCUT2D eigenvalue weighted by molar-refractivity contribution is -0.120. The predicted molar refractivity (Wildman–Crippen MR) is 106 cm³/mol. The van der Waals surface area contributed by atoms with E-state index in [-0.39, 0.29) is 24.4 Å². The summed E-state index contributed by atoms with van der Waals surface area (Å²) in [5.74, 6) is 0.0965. The smallest absolute Gasteiger partial charge is 0.253 e. The third-order valence-electron chi connectivity index (χ3n) is 4.14. The summed E-state index contributed by atoms with van der Waals surface area (Å²) in [6.45, 7) is 0.254. The fraction of sp³-hybridized carbons (Fsp3) is 0.300. The summed E-state index contributed by atoms with van der Waals surface area (Å²) in [5, 5.41) is 5.78. The molecule has 0 heterocycles. The highest BCUT2D eigenvalue weighted by atomic mass is 35.5. The van der Waals surface area contributed by atoms with Gasteiger partial charge in [0.05, 0.1) is 30.3 Å². The summed E-state index contributed by atoms with van der Waals surface area (Å²) in [7, 11) is 5.49. The van der Waals surface area contributed by atoms with E-state index < -0.39 is 0 Å². The highest BCUT2D eigenvalue weighted by Gasteiger charge is 2.19. The van der Waals surface area contributed by atoms with Gasteiger partial charge in [-0.2, -0.15) is 0 Å². The molecule has 0 bridgehead atoms. The van der Waals surface area contributed by atoms with Crippen molar-refractivity contribution < 1.29 is 14.3 Å². The zero-order chi connectivity index (χ0) is 19.8. The molecule has 0 aliphatic heterocycles. The van der Waals surface area contributed by atoms with Crippen molar-refractivity contribution in [2.75, 3.05) is 34.3 Å². The first-order chi connectivity index (χ1) is 12.9. The fourth-order valence-corrected chi connectivity index (χ4v) is 2.91. The van der Waals surface area contributed by atoms with Gasteiger partial charge in [0.1, 0.15) is 5.75 Å². The monoisotopic (exact) mass is 389 g/mol. The van der Waals surface area contributed by atoms with Gasteiger partial charge in [-0.1, -0.05) is 41.9 Å². The van der Waals surface area contributed by atoms with Gasteiger partial charge in [0, 0.05) is 12.1 Å². The summed E-state index contributed by atoms with van der Waals surface area (Å²) in [6, 6.07) is 14.3. The van der Waals surface area contributed by atoms with Crippen LogP contribution < -0.4 is 15.4 Å². The molecule has 0 saturated heterocycles. The van der Waals surface area contributed by atoms with Gasteiger partial charge in [-0.3, -0.25) is 9.59 Å². The average molecular weight is 390 g/mol. The Morgan fingerprint density at radius 2 is 1.74 bits per heavy atom. The Morgan fingerprint density at radius 1 is 1.07 bits per heavy atom. The molecule has 0 aromatic heterocycles. The molecular weight excluding hydrogens is 366 g/mol. The van der Waals surface area contributed by atoms with E-state index in [0.717, 1.165) is 11.3 Å². The molecule has 1 atom stereocenters. The third kappa shape index (κ3) is 5.70. The minimum atomic E-state index is -0.385. The Labute approximate surface area is 164 Å². The van der Waals surface area contributed by atoms with E-state index in [1.54, 1.807) is 31.4 Å². The van der Waals surface area contributed by atoms with Crippen LogP contribution in [0.2, 0.25) is 5.02 Å². The minimum Gasteiger partial charge on any atom is -0.496 e. The highest BCUT2D eigenvalue weighted by molar-refractivity contribution is 6.33. The van der Waals surface area contributed by atoms with Crippen molar-refractivity contribution in [3.8, 4) is 5.75 Å². The minimum absolute atomic E-state index is 0.0654. The average Bonchev–Trinajstić information content (AvgIpc) is 2.66. The number of likely N-dealkylation sites (N-methyl/N-ethyl adjacent to an activating group) is 1. The van der Waals surface area contributed by atoms with Crippen LogP contribution in [0.4, 0.5) is 0 Å². The van der Waals surface area contributed by atoms with Crippen molar-refractivity contribution >= 4 is 23.4 Å². The van der Waals surface area contributed by atoms with Crippen LogP contribution in [0, 0.1) is 0 Å². The Hall–Kier alpha value is -2.57. The van der Waals surface area contributed by atoms with Gasteiger partial charge < -0.3 is 20.3 Å². The number of carbonyl (C=O) groups excluding carboxylic acids is 2. The number of rotatable bonds is 8. The van der Waals surface area contributed by atoms with Crippen molar-refractivity contribution in [2.24, 2.45) is 0 Å². The van der Waals surface area contributed by atoms with Crippen LogP contribution in [0.25, 0.3) is 0 Å². The molecule has 0 radical (unpaired) electrons. The Balaban J connectivity index is 1.93. The van der Waals surface area contributed by atoms with Crippen molar-refractivity contribution in [1.29, 1.82) is 0 Å². The lowest BCUT2D eigenvalue weighted by Gasteiger charge is -2.26. The second-order valence-corrected chi connectivity index (χ2v) is 6.60. The first-order valence-electron chi connectivity index (χ1n) is 8.52. The number of carbonyl (C=O) groups is 2. The molecule has 0 fully saturated rings. The molecule has 6 nitrogen and oxygen atoms in total. The Bertz CT molecular complexity index is 796. The van der Waals surface area contributed by atoms with Crippen molar-refractivity contribution in [3.63, 3.8) is 0 Å². The van der Waals surface area contributed by atoms with Crippen LogP contribution in [-0.2, 0) is 4.79 Å². The maximum atomic E-state index is 12.2. The molecule has 7 heteroatoms. The standard InChI is InChI=1S/C20H24ClN3O3/c1-24(2)17(15-9-5-7-11-18(15)27-3)12-22-19(25)13-23-20(26)14-8-4-6-10-16(14)21/h4-11,17H,12-13H2,1-3H3,(H,22,25)(H,23,26). The summed E-state index contributed by atoms with van der Waals surface area (Å²) in [6.07, 6.45) is 0. The van der Waals surface area contributed by atoms with Gasteiger partial charge in [-0.15, -0.1) is 0 Å². The van der Waals surface area contributed by atoms with E-state index in [1.165, 1.54) is 0 Å². The molecular formula is C20H24ClN3O3. The van der Waals surface area contributed by atoms with Crippen LogP contribution in [0.1, 0.15) is 22.0 Å². The molecule has 2 N–H and O–H groups in total. The van der Waals surface area contributed by atoms with Crippen LogP contribution in [0.5, 0.6) is 5.75 Å². The van der Waals surface area contributed by atoms with Crippen molar-refractivity contribution in [3.05, 3.63) is 64.7 Å². The molecule has 0 aliphatic carbocycles. The summed E-state index contributed by atoms with van der Waals surface area (Å²) >= 11 is 5.99. The fourth-order valence-electron chi connectivity index (χ4n) is 2.69. The maximum Gasteiger partial charge on any atom is 0.253 e. The molecule has 0 spiro atoms. The number of benzene rings is 2. The zero-order valence-electron chi connectivity index (χ0n) is 15.7. The number of amides is 2. The Kier molecular flexibility index (Phi) is 7.64. The number of hydrogen-bond donors (Lipinski definition) is 2. The van der Waals surface area contributed by atoms with E-state index in [0.29, 0.717) is 17.1 Å². The van der Waals surface area contributed by atoms with E-state index >= 15 is 0 Å². The largest absolute Gasteiger partial charge is 0.496 e. The lowest BCUT2D eigenvalue weighted by atomic mass is 10.0. The normalized spacial score (nSPS) is 11.7. The van der Waals surface area contributed by atoms with E-state index in [9.17, 15) is 9.59 Å². The van der Waals surface area contributed by atoms with E-state index in [1.807, 2.05) is 43.3 Å². The molecule has 1 unspecified atom stereocenters. The summed E-state index contributed by atoms with van der Waals surface area (Å²) in [5.41, 5.74) is 1.32. The van der Waals surface area contributed by atoms with Crippen LogP contribution in [0.15, 0.2) is 48.5 Å². The van der Waals surface area contributed by atoms with Gasteiger partial charge in [0.15, 0.2) is 0 Å². The number of nitrogens with one attached hydrogen (secondary N) is 2. The van der Waals surface area contributed by atoms with E-state index in [4.69, 9.17) is 16.3 Å². The predicted octanol–water partition coefficient (Wildman–Crippen LogP) is 2.50. The van der Waals surface area contributed by atoms with Gasteiger partial charge in [-0.05, 0) is 32.3 Å². The van der Waals surface area contributed by atoms with Crippen LogP contribution in [0.3, 0.4) is 0 Å². The van der Waals surface area contributed by atoms with Gasteiger partial charge >= 0.3 is 0 Å². The molecule has 2 aromatic rings. The number of methoxy groups -OCH3 is 1. The second-order valence-electron chi connectivity index (χ2n) is 6.19. The highest BCUT2D eigenvalue weighted by Crippen LogP contribution is 2.27. The van der Waals surface area contributed by atoms with Crippen LogP contribution >= 0.6 is 11.6 Å². The number of para-hydroxylation sites is 1. The molecule has 2 aromatic carbocycles. The van der Waals surface area contributed by atoms with E-state index in [2.05, 4.69) is 10.6 Å². The molecule has 144 valence electrons. The van der Waals surface area contributed by atoms with Gasteiger partial charge in [0.2, 0.25) is 5.91 Å². The summed E-state index contributed by atoms with van der Waals surface area (Å²) in [4.78, 5) is 26.3. The lowest BCUT2D eigenvalue weighted by Crippen LogP contribution is -2.40. The SMILES string of the molecule is COc1ccccc1C(CNC(=O)CNC(=O)c1ccccc1Cl)N(C)C. The first-order valence-corrected chi connectivity index (χ1v) is 8.90. The molecule has 27 heavy (non-hydrogen) atoms. The van der Waals surface area contributed by atoms with Crippen LogP contribution in [-0.4, -0.2) is 51.0 Å². The quantitative estimate of drug-likeness (QED) is 0.727. The number of ether oxygens (including phenoxy) is 1. The molecule has 2 amide bonds. The third-order valence-corrected chi connectivity index (χ3v) is 4.47. The second kappa shape index (κ2) is 9.94. The number of nitrogens with zero attached hydrogens (tertiary/aromatic N) is 1. The molecule has 0 saturated carbocycles.